The number of alkyl halides is 3. The van der Waals surface area contributed by atoms with Gasteiger partial charge in [0.15, 0.2) is 9.84 Å². The van der Waals surface area contributed by atoms with E-state index in [2.05, 4.69) is 10.4 Å². The topological polar surface area (TPSA) is 101 Å². The first-order valence-corrected chi connectivity index (χ1v) is 12.8. The summed E-state index contributed by atoms with van der Waals surface area (Å²) < 4.78 is 63.4. The number of sulfone groups is 1. The summed E-state index contributed by atoms with van der Waals surface area (Å²) in [7, 11) is -3.11. The molecule has 0 bridgehead atoms. The smallest absolute Gasteiger partial charge is 0.339 e. The first-order valence-electron chi connectivity index (χ1n) is 11.0. The number of halogens is 3. The Morgan fingerprint density at radius 2 is 1.74 bits per heavy atom. The van der Waals surface area contributed by atoms with Gasteiger partial charge in [-0.1, -0.05) is 0 Å². The Morgan fingerprint density at radius 3 is 2.29 bits per heavy atom. The van der Waals surface area contributed by atoms with Crippen molar-refractivity contribution in [1.82, 2.24) is 14.7 Å². The summed E-state index contributed by atoms with van der Waals surface area (Å²) in [5.74, 6) is -0.426. The average molecular weight is 499 g/mol. The van der Waals surface area contributed by atoms with E-state index in [9.17, 15) is 31.2 Å². The second-order valence-electron chi connectivity index (χ2n) is 8.80. The molecule has 1 aromatic carbocycles. The van der Waals surface area contributed by atoms with Crippen molar-refractivity contribution in [3.8, 4) is 0 Å². The second kappa shape index (κ2) is 9.05. The summed E-state index contributed by atoms with van der Waals surface area (Å²) in [5.41, 5.74) is 0.0162. The van der Waals surface area contributed by atoms with Crippen LogP contribution in [0.5, 0.6) is 0 Å². The number of amides is 2. The van der Waals surface area contributed by atoms with Crippen molar-refractivity contribution in [2.75, 3.05) is 29.9 Å². The molecule has 184 valence electrons. The highest BCUT2D eigenvalue weighted by atomic mass is 32.2. The quantitative estimate of drug-likeness (QED) is 0.698. The summed E-state index contributed by atoms with van der Waals surface area (Å²) in [6.07, 6.45) is -3.21. The van der Waals surface area contributed by atoms with E-state index < -0.39 is 21.6 Å². The van der Waals surface area contributed by atoms with Gasteiger partial charge in [0, 0.05) is 30.6 Å². The lowest BCUT2D eigenvalue weighted by Crippen LogP contribution is -2.41. The van der Waals surface area contributed by atoms with Gasteiger partial charge in [-0.25, -0.2) is 13.1 Å². The molecule has 2 aromatic rings. The Labute approximate surface area is 195 Å². The van der Waals surface area contributed by atoms with Crippen LogP contribution in [0.2, 0.25) is 0 Å². The van der Waals surface area contributed by atoms with Crippen LogP contribution < -0.4 is 5.32 Å². The SMILES string of the molecule is Cc1cc(NC(=O)C2CCN(C(=O)c3ccc(C(F)(F)F)cc3)CC2)n(C2CCS(=O)(=O)C2)n1. The third-order valence-electron chi connectivity index (χ3n) is 6.28. The van der Waals surface area contributed by atoms with Crippen LogP contribution >= 0.6 is 0 Å². The van der Waals surface area contributed by atoms with E-state index in [0.717, 1.165) is 24.3 Å². The molecule has 1 N–H and O–H groups in total. The first-order chi connectivity index (χ1) is 15.9. The van der Waals surface area contributed by atoms with Gasteiger partial charge in [0.25, 0.3) is 5.91 Å². The Kier molecular flexibility index (Phi) is 6.45. The van der Waals surface area contributed by atoms with E-state index in [1.165, 1.54) is 4.90 Å². The van der Waals surface area contributed by atoms with E-state index >= 15 is 0 Å². The number of hydrogen-bond acceptors (Lipinski definition) is 5. The molecule has 1 unspecified atom stereocenters. The Morgan fingerprint density at radius 1 is 1.09 bits per heavy atom. The molecule has 3 heterocycles. The van der Waals surface area contributed by atoms with Gasteiger partial charge in [-0.15, -0.1) is 0 Å². The van der Waals surface area contributed by atoms with Crippen LogP contribution in [0.4, 0.5) is 19.0 Å². The average Bonchev–Trinajstić information content (AvgIpc) is 3.33. The fourth-order valence-electron chi connectivity index (χ4n) is 4.41. The van der Waals surface area contributed by atoms with Crippen molar-refractivity contribution in [2.45, 2.75) is 38.4 Å². The van der Waals surface area contributed by atoms with Crippen molar-refractivity contribution < 1.29 is 31.2 Å². The molecular formula is C22H25F3N4O4S. The van der Waals surface area contributed by atoms with Crippen LogP contribution in [0.25, 0.3) is 0 Å². The summed E-state index contributed by atoms with van der Waals surface area (Å²) in [5, 5.41) is 7.22. The Hall–Kier alpha value is -2.89. The maximum Gasteiger partial charge on any atom is 0.416 e. The third-order valence-corrected chi connectivity index (χ3v) is 8.03. The van der Waals surface area contributed by atoms with Crippen LogP contribution in [0.15, 0.2) is 30.3 Å². The molecule has 0 radical (unpaired) electrons. The molecule has 2 aliphatic heterocycles. The fraction of sp³-hybridized carbons (Fsp3) is 0.500. The molecule has 0 spiro atoms. The van der Waals surface area contributed by atoms with E-state index in [1.54, 1.807) is 17.7 Å². The number of hydrogen-bond donors (Lipinski definition) is 1. The van der Waals surface area contributed by atoms with Gasteiger partial charge in [0.05, 0.1) is 28.8 Å². The van der Waals surface area contributed by atoms with Gasteiger partial charge in [0.2, 0.25) is 5.91 Å². The van der Waals surface area contributed by atoms with Crippen LogP contribution in [-0.4, -0.2) is 59.5 Å². The normalized spacial score (nSPS) is 20.9. The number of piperidine rings is 1. The number of carbonyl (C=O) groups excluding carboxylic acids is 2. The molecule has 2 fully saturated rings. The summed E-state index contributed by atoms with van der Waals surface area (Å²) in [6.45, 7) is 2.37. The summed E-state index contributed by atoms with van der Waals surface area (Å²) >= 11 is 0. The van der Waals surface area contributed by atoms with E-state index in [0.29, 0.717) is 43.9 Å². The fourth-order valence-corrected chi connectivity index (χ4v) is 6.11. The van der Waals surface area contributed by atoms with Gasteiger partial charge < -0.3 is 10.2 Å². The standard InChI is InChI=1S/C22H25F3N4O4S/c1-14-12-19(29(27-14)18-8-11-34(32,33)13-18)26-20(30)15-6-9-28(10-7-15)21(31)16-2-4-17(5-3-16)22(23,24)25/h2-5,12,15,18H,6-11,13H2,1H3,(H,26,30). The molecule has 2 amide bonds. The van der Waals surface area contributed by atoms with Crippen molar-refractivity contribution in [1.29, 1.82) is 0 Å². The van der Waals surface area contributed by atoms with Gasteiger partial charge >= 0.3 is 6.18 Å². The first kappa shape index (κ1) is 24.2. The highest BCUT2D eigenvalue weighted by Crippen LogP contribution is 2.30. The molecule has 4 rings (SSSR count). The van der Waals surface area contributed by atoms with Crippen LogP contribution in [0, 0.1) is 12.8 Å². The van der Waals surface area contributed by atoms with Crippen molar-refractivity contribution in [2.24, 2.45) is 5.92 Å². The minimum atomic E-state index is -4.47. The molecule has 12 heteroatoms. The maximum atomic E-state index is 12.9. The van der Waals surface area contributed by atoms with Crippen LogP contribution in [0.1, 0.15) is 46.9 Å². The summed E-state index contributed by atoms with van der Waals surface area (Å²) in [6, 6.07) is 5.47. The Bertz CT molecular complexity index is 1180. The maximum absolute atomic E-state index is 12.9. The lowest BCUT2D eigenvalue weighted by Gasteiger charge is -2.31. The molecule has 2 aliphatic rings. The van der Waals surface area contributed by atoms with Crippen LogP contribution in [-0.2, 0) is 20.8 Å². The number of carbonyl (C=O) groups is 2. The lowest BCUT2D eigenvalue weighted by atomic mass is 9.95. The predicted molar refractivity (Wildman–Crippen MR) is 118 cm³/mol. The third kappa shape index (κ3) is 5.26. The van der Waals surface area contributed by atoms with Gasteiger partial charge in [-0.3, -0.25) is 9.59 Å². The van der Waals surface area contributed by atoms with Crippen molar-refractivity contribution in [3.05, 3.63) is 47.2 Å². The number of aryl methyl sites for hydroxylation is 1. The molecule has 0 saturated carbocycles. The number of rotatable bonds is 4. The monoisotopic (exact) mass is 498 g/mol. The van der Waals surface area contributed by atoms with Gasteiger partial charge in [-0.2, -0.15) is 18.3 Å². The molecule has 0 aliphatic carbocycles. The summed E-state index contributed by atoms with van der Waals surface area (Å²) in [4.78, 5) is 27.1. The largest absolute Gasteiger partial charge is 0.416 e. The molecule has 1 atom stereocenters. The van der Waals surface area contributed by atoms with Gasteiger partial charge in [0.1, 0.15) is 5.82 Å². The zero-order chi connectivity index (χ0) is 24.7. The zero-order valence-electron chi connectivity index (χ0n) is 18.5. The minimum Gasteiger partial charge on any atom is -0.339 e. The second-order valence-corrected chi connectivity index (χ2v) is 11.0. The highest BCUT2D eigenvalue weighted by molar-refractivity contribution is 7.91. The van der Waals surface area contributed by atoms with Crippen LogP contribution in [0.3, 0.4) is 0 Å². The molecular weight excluding hydrogens is 473 g/mol. The number of benzene rings is 1. The molecule has 2 saturated heterocycles. The number of anilines is 1. The number of nitrogens with zero attached hydrogens (tertiary/aromatic N) is 3. The minimum absolute atomic E-state index is 0.0125. The van der Waals surface area contributed by atoms with E-state index in [4.69, 9.17) is 0 Å². The van der Waals surface area contributed by atoms with E-state index in [-0.39, 0.29) is 40.8 Å². The molecule has 1 aromatic heterocycles. The highest BCUT2D eigenvalue weighted by Gasteiger charge is 2.33. The number of likely N-dealkylation sites (tertiary alicyclic amines) is 1. The van der Waals surface area contributed by atoms with Crippen molar-refractivity contribution in [3.63, 3.8) is 0 Å². The van der Waals surface area contributed by atoms with E-state index in [1.807, 2.05) is 0 Å². The molecule has 34 heavy (non-hydrogen) atoms. The zero-order valence-corrected chi connectivity index (χ0v) is 19.3. The lowest BCUT2D eigenvalue weighted by molar-refractivity contribution is -0.137. The number of aromatic nitrogens is 2. The van der Waals surface area contributed by atoms with Gasteiger partial charge in [-0.05, 0) is 50.5 Å². The molecule has 8 nitrogen and oxygen atoms in total. The Balaban J connectivity index is 1.35. The number of nitrogens with one attached hydrogen (secondary N) is 1. The van der Waals surface area contributed by atoms with Crippen molar-refractivity contribution >= 4 is 27.5 Å². The predicted octanol–water partition coefficient (Wildman–Crippen LogP) is 3.06.